The molecule has 8 heavy (non-hydrogen) atoms. The Morgan fingerprint density at radius 2 is 1.25 bits per heavy atom. The average molecular weight is 160 g/mol. The normalized spacial score (nSPS) is 13.8. The molecule has 0 fully saturated rings. The van der Waals surface area contributed by atoms with Crippen LogP contribution in [0.1, 0.15) is 0 Å². The van der Waals surface area contributed by atoms with E-state index in [0.717, 1.165) is 0 Å². The predicted octanol–water partition coefficient (Wildman–Crippen LogP) is -1.60. The second-order valence-electron chi connectivity index (χ2n) is 0.882. The molecule has 1 radical (unpaired) electrons. The summed E-state index contributed by atoms with van der Waals surface area (Å²) in [6.07, 6.45) is 0. The van der Waals surface area contributed by atoms with Crippen LogP contribution < -0.4 is 5.14 Å². The van der Waals surface area contributed by atoms with E-state index in [-0.39, 0.29) is 0 Å². The van der Waals surface area contributed by atoms with E-state index in [1.54, 1.807) is 0 Å². The molecular weight excluding hydrogens is 158 g/mol. The topological polar surface area (TPSA) is 112 Å². The zero-order valence-electron chi connectivity index (χ0n) is 3.40. The maximum Gasteiger partial charge on any atom is 0.387 e. The van der Waals surface area contributed by atoms with Crippen LogP contribution in [-0.4, -0.2) is 21.4 Å². The van der Waals surface area contributed by atoms with Crippen molar-refractivity contribution >= 4 is 18.2 Å². The number of rotatable bonds is 1. The van der Waals surface area contributed by atoms with Crippen LogP contribution in [-0.2, 0) is 18.2 Å². The molecule has 0 aliphatic rings. The molecule has 0 saturated carbocycles. The van der Waals surface area contributed by atoms with Gasteiger partial charge in [-0.1, -0.05) is 0 Å². The van der Waals surface area contributed by atoms with Crippen LogP contribution in [0.2, 0.25) is 0 Å². The zero-order valence-corrected chi connectivity index (χ0v) is 5.03. The van der Waals surface area contributed by atoms with E-state index >= 15 is 0 Å². The highest BCUT2D eigenvalue weighted by atomic mass is 33.2. The van der Waals surface area contributed by atoms with Crippen molar-refractivity contribution in [2.45, 2.75) is 0 Å². The lowest BCUT2D eigenvalue weighted by Crippen LogP contribution is -2.13. The van der Waals surface area contributed by atoms with Gasteiger partial charge in [0.2, 0.25) is 0 Å². The van der Waals surface area contributed by atoms with Crippen LogP contribution in [0.15, 0.2) is 0 Å². The summed E-state index contributed by atoms with van der Waals surface area (Å²) in [5, 5.41) is 5.72. The number of hydrogen-bond acceptors (Lipinski definition) is 4. The summed E-state index contributed by atoms with van der Waals surface area (Å²) in [4.78, 5) is 0. The highest BCUT2D eigenvalue weighted by molar-refractivity contribution is 8.63. The van der Waals surface area contributed by atoms with Crippen molar-refractivity contribution in [2.24, 2.45) is 0 Å². The third-order valence-corrected chi connectivity index (χ3v) is 2.50. The molecule has 0 aromatic carbocycles. The summed E-state index contributed by atoms with van der Waals surface area (Å²) in [5.74, 6) is 0. The maximum atomic E-state index is 9.48. The predicted molar refractivity (Wildman–Crippen MR) is 23.6 cm³/mol. The van der Waals surface area contributed by atoms with Crippen LogP contribution in [0, 0.1) is 0 Å². The van der Waals surface area contributed by atoms with Crippen molar-refractivity contribution in [3.63, 3.8) is 0 Å². The third kappa shape index (κ3) is 1.74. The van der Waals surface area contributed by atoms with E-state index in [9.17, 15) is 16.8 Å². The molecular formula is H2NO5S2. The summed E-state index contributed by atoms with van der Waals surface area (Å²) in [5.41, 5.74) is 0. The lowest BCUT2D eigenvalue weighted by atomic mass is 14.0. The van der Waals surface area contributed by atoms with Gasteiger partial charge in [0.25, 0.3) is 0 Å². The van der Waals surface area contributed by atoms with Crippen LogP contribution in [0.25, 0.3) is 0 Å². The summed E-state index contributed by atoms with van der Waals surface area (Å²) >= 11 is 0. The average Bonchev–Trinajstić information content (AvgIpc) is 1.25. The second-order valence-corrected chi connectivity index (χ2v) is 5.23. The summed E-state index contributed by atoms with van der Waals surface area (Å²) in [6, 6.07) is 0. The standard InChI is InChI=1S/H2NO5S2/c1-7(2,3)8(4,5)6/h1H,(H,4,5,6). The molecule has 0 bridgehead atoms. The fraction of sp³-hybridized carbons (Fsp3) is 0. The Hall–Kier alpha value is -0.180. The molecule has 49 valence electrons. The molecule has 0 rings (SSSR count). The third-order valence-electron chi connectivity index (χ3n) is 0.277. The fourth-order valence-electron chi connectivity index (χ4n) is 0. The van der Waals surface area contributed by atoms with Crippen molar-refractivity contribution < 1.29 is 21.4 Å². The first-order valence-corrected chi connectivity index (χ1v) is 4.66. The van der Waals surface area contributed by atoms with E-state index < -0.39 is 18.2 Å². The largest absolute Gasteiger partial charge is 0.387 e. The van der Waals surface area contributed by atoms with Gasteiger partial charge in [0, 0.05) is 0 Å². The van der Waals surface area contributed by atoms with Gasteiger partial charge >= 0.3 is 18.2 Å². The Labute approximate surface area is 45.5 Å². The molecule has 0 amide bonds. The van der Waals surface area contributed by atoms with Gasteiger partial charge in [0.05, 0.1) is 0 Å². The minimum absolute atomic E-state index is 5.06. The lowest BCUT2D eigenvalue weighted by Gasteiger charge is -1.84. The van der Waals surface area contributed by atoms with Gasteiger partial charge in [0.15, 0.2) is 0 Å². The van der Waals surface area contributed by atoms with Gasteiger partial charge in [-0.3, -0.25) is 4.55 Å². The van der Waals surface area contributed by atoms with E-state index in [1.165, 1.54) is 0 Å². The second kappa shape index (κ2) is 1.65. The highest BCUT2D eigenvalue weighted by Crippen LogP contribution is 1.89. The molecule has 0 saturated heterocycles. The first-order chi connectivity index (χ1) is 3.25. The minimum atomic E-state index is -5.20. The summed E-state index contributed by atoms with van der Waals surface area (Å²) < 4.78 is 45.4. The Balaban J connectivity index is 5.18. The van der Waals surface area contributed by atoms with Crippen LogP contribution >= 0.6 is 0 Å². The Kier molecular flexibility index (Phi) is 1.62. The molecule has 0 unspecified atom stereocenters. The van der Waals surface area contributed by atoms with Crippen LogP contribution in [0.5, 0.6) is 0 Å². The van der Waals surface area contributed by atoms with E-state index in [1.807, 2.05) is 0 Å². The lowest BCUT2D eigenvalue weighted by molar-refractivity contribution is 0.493. The van der Waals surface area contributed by atoms with Gasteiger partial charge in [-0.05, 0) is 0 Å². The summed E-state index contributed by atoms with van der Waals surface area (Å²) in [6.45, 7) is 0. The Bertz CT molecular complexity index is 223. The van der Waals surface area contributed by atoms with Crippen LogP contribution in [0.3, 0.4) is 0 Å². The first-order valence-electron chi connectivity index (χ1n) is 1.22. The van der Waals surface area contributed by atoms with Crippen molar-refractivity contribution in [3.05, 3.63) is 0 Å². The van der Waals surface area contributed by atoms with Crippen LogP contribution in [0.4, 0.5) is 0 Å². The van der Waals surface area contributed by atoms with E-state index in [2.05, 4.69) is 0 Å². The molecule has 0 aromatic heterocycles. The zero-order chi connectivity index (χ0) is 7.00. The molecule has 0 atom stereocenters. The number of nitrogens with one attached hydrogen (secondary N) is 1. The van der Waals surface area contributed by atoms with E-state index in [0.29, 0.717) is 0 Å². The molecule has 8 heteroatoms. The maximum absolute atomic E-state index is 9.48. The van der Waals surface area contributed by atoms with Gasteiger partial charge in [0.1, 0.15) is 0 Å². The van der Waals surface area contributed by atoms with Gasteiger partial charge < -0.3 is 0 Å². The van der Waals surface area contributed by atoms with E-state index in [4.69, 9.17) is 9.69 Å². The molecule has 2 N–H and O–H groups in total. The minimum Gasteiger partial charge on any atom is -0.273 e. The van der Waals surface area contributed by atoms with Crippen molar-refractivity contribution in [1.82, 2.24) is 5.14 Å². The SMILES string of the molecule is [NH]S(=O)(=O)S(=O)(=O)O. The van der Waals surface area contributed by atoms with Crippen molar-refractivity contribution in [3.8, 4) is 0 Å². The van der Waals surface area contributed by atoms with Gasteiger partial charge in [-0.25, -0.2) is 0 Å². The smallest absolute Gasteiger partial charge is 0.273 e. The highest BCUT2D eigenvalue weighted by Gasteiger charge is 2.21. The quantitative estimate of drug-likeness (QED) is 0.366. The Morgan fingerprint density at radius 1 is 1.12 bits per heavy atom. The molecule has 0 heterocycles. The summed E-state index contributed by atoms with van der Waals surface area (Å²) in [7, 11) is -10.3. The van der Waals surface area contributed by atoms with Crippen molar-refractivity contribution in [2.75, 3.05) is 0 Å². The van der Waals surface area contributed by atoms with Gasteiger partial charge in [-0.2, -0.15) is 16.8 Å². The monoisotopic (exact) mass is 160 g/mol. The molecule has 6 nitrogen and oxygen atoms in total. The molecule has 0 spiro atoms. The first kappa shape index (κ1) is 7.82. The molecule has 0 aliphatic heterocycles. The number of hydrogen-bond donors (Lipinski definition) is 1. The molecule has 0 aliphatic carbocycles. The van der Waals surface area contributed by atoms with Gasteiger partial charge in [-0.15, -0.1) is 5.14 Å². The van der Waals surface area contributed by atoms with Crippen molar-refractivity contribution in [1.29, 1.82) is 0 Å². The fourth-order valence-corrected chi connectivity index (χ4v) is 0. The Morgan fingerprint density at radius 3 is 1.25 bits per heavy atom. The molecule has 0 aromatic rings.